The van der Waals surface area contributed by atoms with Crippen LogP contribution in [0.5, 0.6) is 0 Å². The molecule has 5 heteroatoms. The molecule has 0 aromatic carbocycles. The van der Waals surface area contributed by atoms with E-state index in [1.165, 1.54) is 7.11 Å². The zero-order valence-corrected chi connectivity index (χ0v) is 5.62. The molecule has 0 aliphatic rings. The SMILES string of the molecule is COC(=O)c1nnc(C)o1. The molecule has 0 saturated heterocycles. The minimum Gasteiger partial charge on any atom is -0.462 e. The number of ether oxygens (including phenoxy) is 1. The van der Waals surface area contributed by atoms with Crippen LogP contribution in [-0.4, -0.2) is 23.3 Å². The van der Waals surface area contributed by atoms with E-state index in [4.69, 9.17) is 4.42 Å². The van der Waals surface area contributed by atoms with Crippen LogP contribution in [0.3, 0.4) is 0 Å². The van der Waals surface area contributed by atoms with Gasteiger partial charge in [-0.1, -0.05) is 0 Å². The summed E-state index contributed by atoms with van der Waals surface area (Å²) in [4.78, 5) is 10.6. The largest absolute Gasteiger partial charge is 0.462 e. The monoisotopic (exact) mass is 142 g/mol. The molecule has 0 saturated carbocycles. The Bertz CT molecular complexity index is 243. The van der Waals surface area contributed by atoms with E-state index < -0.39 is 5.97 Å². The van der Waals surface area contributed by atoms with E-state index in [1.54, 1.807) is 6.92 Å². The number of carbonyl (C=O) groups excluding carboxylic acids is 1. The third kappa shape index (κ3) is 1.12. The average Bonchev–Trinajstić information content (AvgIpc) is 2.34. The van der Waals surface area contributed by atoms with E-state index in [-0.39, 0.29) is 5.89 Å². The molecule has 0 radical (unpaired) electrons. The van der Waals surface area contributed by atoms with E-state index >= 15 is 0 Å². The number of esters is 1. The Morgan fingerprint density at radius 2 is 2.30 bits per heavy atom. The van der Waals surface area contributed by atoms with E-state index in [1.807, 2.05) is 0 Å². The van der Waals surface area contributed by atoms with Gasteiger partial charge in [0, 0.05) is 6.92 Å². The van der Waals surface area contributed by atoms with Crippen molar-refractivity contribution in [2.75, 3.05) is 7.11 Å². The van der Waals surface area contributed by atoms with Crippen molar-refractivity contribution >= 4 is 5.97 Å². The van der Waals surface area contributed by atoms with Gasteiger partial charge in [-0.15, -0.1) is 10.2 Å². The first kappa shape index (κ1) is 6.73. The van der Waals surface area contributed by atoms with Crippen molar-refractivity contribution in [3.8, 4) is 0 Å². The maximum Gasteiger partial charge on any atom is 0.396 e. The number of nitrogens with zero attached hydrogens (tertiary/aromatic N) is 2. The molecule has 1 aromatic heterocycles. The fourth-order valence-electron chi connectivity index (χ4n) is 0.466. The van der Waals surface area contributed by atoms with Gasteiger partial charge in [0.05, 0.1) is 7.11 Å². The predicted molar refractivity (Wildman–Crippen MR) is 30.4 cm³/mol. The Morgan fingerprint density at radius 1 is 1.60 bits per heavy atom. The lowest BCUT2D eigenvalue weighted by atomic mass is 10.7. The van der Waals surface area contributed by atoms with Gasteiger partial charge < -0.3 is 9.15 Å². The molecule has 0 N–H and O–H groups in total. The van der Waals surface area contributed by atoms with E-state index in [0.29, 0.717) is 5.89 Å². The highest BCUT2D eigenvalue weighted by Crippen LogP contribution is 1.98. The van der Waals surface area contributed by atoms with Gasteiger partial charge in [0.15, 0.2) is 0 Å². The number of aromatic nitrogens is 2. The number of hydrogen-bond donors (Lipinski definition) is 0. The summed E-state index contributed by atoms with van der Waals surface area (Å²) >= 11 is 0. The molecule has 1 aromatic rings. The molecule has 0 atom stereocenters. The molecule has 0 aliphatic heterocycles. The van der Waals surface area contributed by atoms with Crippen LogP contribution in [0.2, 0.25) is 0 Å². The Kier molecular flexibility index (Phi) is 1.66. The topological polar surface area (TPSA) is 65.2 Å². The summed E-state index contributed by atoms with van der Waals surface area (Å²) in [7, 11) is 1.25. The predicted octanol–water partition coefficient (Wildman–Crippen LogP) is 0.165. The Morgan fingerprint density at radius 3 is 2.70 bits per heavy atom. The Labute approximate surface area is 57.0 Å². The molecule has 10 heavy (non-hydrogen) atoms. The normalized spacial score (nSPS) is 9.40. The highest BCUT2D eigenvalue weighted by atomic mass is 16.5. The second-order valence-electron chi connectivity index (χ2n) is 1.62. The summed E-state index contributed by atoms with van der Waals surface area (Å²) in [5.41, 5.74) is 0. The smallest absolute Gasteiger partial charge is 0.396 e. The van der Waals surface area contributed by atoms with Crippen molar-refractivity contribution in [1.29, 1.82) is 0 Å². The van der Waals surface area contributed by atoms with Crippen LogP contribution in [0.4, 0.5) is 0 Å². The molecule has 0 fully saturated rings. The lowest BCUT2D eigenvalue weighted by molar-refractivity contribution is 0.0554. The molecule has 0 unspecified atom stereocenters. The molecule has 0 spiro atoms. The van der Waals surface area contributed by atoms with Crippen LogP contribution < -0.4 is 0 Å². The second-order valence-corrected chi connectivity index (χ2v) is 1.62. The molecule has 0 amide bonds. The zero-order chi connectivity index (χ0) is 7.56. The van der Waals surface area contributed by atoms with Gasteiger partial charge in [-0.05, 0) is 0 Å². The van der Waals surface area contributed by atoms with Crippen molar-refractivity contribution in [2.24, 2.45) is 0 Å². The Hall–Kier alpha value is -1.39. The standard InChI is InChI=1S/C5H6N2O3/c1-3-6-7-4(10-3)5(8)9-2/h1-2H3. The summed E-state index contributed by atoms with van der Waals surface area (Å²) in [6, 6.07) is 0. The van der Waals surface area contributed by atoms with Crippen LogP contribution in [0.15, 0.2) is 4.42 Å². The number of rotatable bonds is 1. The maximum absolute atomic E-state index is 10.6. The lowest BCUT2D eigenvalue weighted by Gasteiger charge is -1.87. The number of aryl methyl sites for hydroxylation is 1. The number of carbonyl (C=O) groups is 1. The molecule has 0 aliphatic carbocycles. The van der Waals surface area contributed by atoms with Gasteiger partial charge in [0.25, 0.3) is 0 Å². The molecule has 0 bridgehead atoms. The van der Waals surface area contributed by atoms with Crippen molar-refractivity contribution in [2.45, 2.75) is 6.92 Å². The third-order valence-corrected chi connectivity index (χ3v) is 0.886. The van der Waals surface area contributed by atoms with Crippen LogP contribution in [0, 0.1) is 6.92 Å². The first-order chi connectivity index (χ1) is 4.74. The second kappa shape index (κ2) is 2.47. The minimum atomic E-state index is -0.611. The molecular weight excluding hydrogens is 136 g/mol. The van der Waals surface area contributed by atoms with Gasteiger partial charge in [-0.2, -0.15) is 0 Å². The van der Waals surface area contributed by atoms with Gasteiger partial charge in [0.1, 0.15) is 0 Å². The third-order valence-electron chi connectivity index (χ3n) is 0.886. The summed E-state index contributed by atoms with van der Waals surface area (Å²) in [5.74, 6) is -0.374. The molecule has 1 rings (SSSR count). The van der Waals surface area contributed by atoms with Crippen molar-refractivity contribution in [3.05, 3.63) is 11.8 Å². The summed E-state index contributed by atoms with van der Waals surface area (Å²) < 4.78 is 9.05. The van der Waals surface area contributed by atoms with Gasteiger partial charge in [-0.25, -0.2) is 4.79 Å². The Balaban J connectivity index is 2.85. The van der Waals surface area contributed by atoms with Crippen molar-refractivity contribution < 1.29 is 13.9 Å². The van der Waals surface area contributed by atoms with Crippen LogP contribution in [-0.2, 0) is 4.74 Å². The lowest BCUT2D eigenvalue weighted by Crippen LogP contribution is -2.00. The average molecular weight is 142 g/mol. The van der Waals surface area contributed by atoms with Crippen molar-refractivity contribution in [1.82, 2.24) is 10.2 Å². The summed E-state index contributed by atoms with van der Waals surface area (Å²) in [5, 5.41) is 6.86. The van der Waals surface area contributed by atoms with Crippen LogP contribution >= 0.6 is 0 Å². The van der Waals surface area contributed by atoms with Crippen LogP contribution in [0.25, 0.3) is 0 Å². The molecule has 5 nitrogen and oxygen atoms in total. The zero-order valence-electron chi connectivity index (χ0n) is 5.62. The van der Waals surface area contributed by atoms with Crippen molar-refractivity contribution in [3.63, 3.8) is 0 Å². The maximum atomic E-state index is 10.6. The van der Waals surface area contributed by atoms with Gasteiger partial charge >= 0.3 is 11.9 Å². The first-order valence-corrected chi connectivity index (χ1v) is 2.62. The number of hydrogen-bond acceptors (Lipinski definition) is 5. The number of methoxy groups -OCH3 is 1. The fraction of sp³-hybridized carbons (Fsp3) is 0.400. The fourth-order valence-corrected chi connectivity index (χ4v) is 0.466. The summed E-state index contributed by atoms with van der Waals surface area (Å²) in [6.07, 6.45) is 0. The van der Waals surface area contributed by atoms with E-state index in [0.717, 1.165) is 0 Å². The highest BCUT2D eigenvalue weighted by Gasteiger charge is 2.11. The quantitative estimate of drug-likeness (QED) is 0.522. The van der Waals surface area contributed by atoms with E-state index in [2.05, 4.69) is 14.9 Å². The molecule has 1 heterocycles. The van der Waals surface area contributed by atoms with Gasteiger partial charge in [0.2, 0.25) is 5.89 Å². The van der Waals surface area contributed by atoms with Crippen LogP contribution in [0.1, 0.15) is 16.6 Å². The molecular formula is C5H6N2O3. The first-order valence-electron chi connectivity index (χ1n) is 2.62. The highest BCUT2D eigenvalue weighted by molar-refractivity contribution is 5.83. The molecule has 54 valence electrons. The van der Waals surface area contributed by atoms with E-state index in [9.17, 15) is 4.79 Å². The van der Waals surface area contributed by atoms with Gasteiger partial charge in [-0.3, -0.25) is 0 Å². The minimum absolute atomic E-state index is 0.111. The summed E-state index contributed by atoms with van der Waals surface area (Å²) in [6.45, 7) is 1.60.